The van der Waals surface area contributed by atoms with Gasteiger partial charge >= 0.3 is 0 Å². The minimum Gasteiger partial charge on any atom is -0.387 e. The molecule has 0 aliphatic carbocycles. The van der Waals surface area contributed by atoms with Crippen LogP contribution in [0.2, 0.25) is 0 Å². The number of aliphatic hydroxyl groups excluding tert-OH is 1. The Bertz CT molecular complexity index is 837. The van der Waals surface area contributed by atoms with Gasteiger partial charge in [0.1, 0.15) is 11.4 Å². The van der Waals surface area contributed by atoms with Crippen molar-refractivity contribution in [3.8, 4) is 5.82 Å². The molecule has 0 aliphatic heterocycles. The Kier molecular flexibility index (Phi) is 4.48. The molecule has 2 N–H and O–H groups in total. The van der Waals surface area contributed by atoms with Crippen molar-refractivity contribution < 1.29 is 9.90 Å². The Labute approximate surface area is 140 Å². The van der Waals surface area contributed by atoms with Crippen LogP contribution >= 0.6 is 0 Å². The highest BCUT2D eigenvalue weighted by molar-refractivity contribution is 5.97. The fourth-order valence-corrected chi connectivity index (χ4v) is 2.73. The summed E-state index contributed by atoms with van der Waals surface area (Å²) < 4.78 is 3.48. The maximum absolute atomic E-state index is 12.5. The van der Waals surface area contributed by atoms with Gasteiger partial charge in [-0.05, 0) is 30.2 Å². The zero-order valence-electron chi connectivity index (χ0n) is 13.7. The van der Waals surface area contributed by atoms with E-state index >= 15 is 0 Å². The van der Waals surface area contributed by atoms with Gasteiger partial charge in [0.25, 0.3) is 5.91 Å². The van der Waals surface area contributed by atoms with E-state index in [-0.39, 0.29) is 12.5 Å². The molecule has 6 nitrogen and oxygen atoms in total. The van der Waals surface area contributed by atoms with E-state index in [9.17, 15) is 9.90 Å². The van der Waals surface area contributed by atoms with Gasteiger partial charge in [0, 0.05) is 26.0 Å². The molecule has 0 aliphatic rings. The lowest BCUT2D eigenvalue weighted by Gasteiger charge is -2.15. The number of aromatic nitrogens is 3. The molecule has 3 aromatic rings. The molecule has 1 atom stereocenters. The monoisotopic (exact) mass is 324 g/mol. The smallest absolute Gasteiger partial charge is 0.256 e. The SMILES string of the molecule is Cc1ccccc1C(O)CNC(=O)c1cnn(C)c1-n1cccc1. The van der Waals surface area contributed by atoms with Gasteiger partial charge in [-0.15, -0.1) is 0 Å². The van der Waals surface area contributed by atoms with Crippen LogP contribution in [-0.4, -0.2) is 31.9 Å². The molecule has 3 rings (SSSR count). The first-order chi connectivity index (χ1) is 11.6. The number of benzene rings is 1. The van der Waals surface area contributed by atoms with E-state index in [1.54, 1.807) is 11.7 Å². The average molecular weight is 324 g/mol. The molecule has 24 heavy (non-hydrogen) atoms. The third-order valence-electron chi connectivity index (χ3n) is 4.00. The Hall–Kier alpha value is -2.86. The van der Waals surface area contributed by atoms with Crippen LogP contribution in [0.4, 0.5) is 0 Å². The summed E-state index contributed by atoms with van der Waals surface area (Å²) in [6.07, 6.45) is 4.50. The van der Waals surface area contributed by atoms with E-state index in [0.29, 0.717) is 11.4 Å². The van der Waals surface area contributed by atoms with Crippen molar-refractivity contribution in [2.75, 3.05) is 6.54 Å². The van der Waals surface area contributed by atoms with E-state index in [1.165, 1.54) is 6.20 Å². The molecule has 0 saturated carbocycles. The highest BCUT2D eigenvalue weighted by atomic mass is 16.3. The maximum atomic E-state index is 12.5. The molecule has 6 heteroatoms. The summed E-state index contributed by atoms with van der Waals surface area (Å²) in [6.45, 7) is 2.08. The van der Waals surface area contributed by atoms with Crippen LogP contribution in [-0.2, 0) is 7.05 Å². The van der Waals surface area contributed by atoms with Crippen molar-refractivity contribution in [3.05, 3.63) is 71.7 Å². The second-order valence-electron chi connectivity index (χ2n) is 5.68. The van der Waals surface area contributed by atoms with Gasteiger partial charge in [0.2, 0.25) is 0 Å². The van der Waals surface area contributed by atoms with Crippen molar-refractivity contribution in [3.63, 3.8) is 0 Å². The number of nitrogens with one attached hydrogen (secondary N) is 1. The fourth-order valence-electron chi connectivity index (χ4n) is 2.73. The molecule has 0 saturated heterocycles. The van der Waals surface area contributed by atoms with Gasteiger partial charge in [-0.1, -0.05) is 24.3 Å². The highest BCUT2D eigenvalue weighted by Gasteiger charge is 2.18. The average Bonchev–Trinajstić information content (AvgIpc) is 3.21. The van der Waals surface area contributed by atoms with Gasteiger partial charge in [-0.3, -0.25) is 9.48 Å². The molecular weight excluding hydrogens is 304 g/mol. The topological polar surface area (TPSA) is 72.1 Å². The van der Waals surface area contributed by atoms with E-state index in [2.05, 4.69) is 10.4 Å². The minimum atomic E-state index is -0.748. The quantitative estimate of drug-likeness (QED) is 0.754. The molecule has 124 valence electrons. The molecule has 1 aromatic carbocycles. The van der Waals surface area contributed by atoms with Gasteiger partial charge in [0.05, 0.1) is 12.3 Å². The van der Waals surface area contributed by atoms with Gasteiger partial charge in [-0.2, -0.15) is 5.10 Å². The van der Waals surface area contributed by atoms with E-state index in [4.69, 9.17) is 0 Å². The van der Waals surface area contributed by atoms with E-state index in [1.807, 2.05) is 60.3 Å². The second kappa shape index (κ2) is 6.72. The number of amides is 1. The maximum Gasteiger partial charge on any atom is 0.256 e. The summed E-state index contributed by atoms with van der Waals surface area (Å²) in [5, 5.41) is 17.3. The molecule has 0 bridgehead atoms. The first kappa shape index (κ1) is 16.0. The van der Waals surface area contributed by atoms with E-state index < -0.39 is 6.10 Å². The molecule has 0 fully saturated rings. The Morgan fingerprint density at radius 3 is 2.67 bits per heavy atom. The summed E-state index contributed by atoms with van der Waals surface area (Å²) in [5.41, 5.74) is 2.27. The number of hydrogen-bond acceptors (Lipinski definition) is 3. The van der Waals surface area contributed by atoms with Crippen LogP contribution < -0.4 is 5.32 Å². The molecule has 0 spiro atoms. The molecule has 2 heterocycles. The highest BCUT2D eigenvalue weighted by Crippen LogP contribution is 2.17. The number of carbonyl (C=O) groups excluding carboxylic acids is 1. The predicted molar refractivity (Wildman–Crippen MR) is 91.0 cm³/mol. The second-order valence-corrected chi connectivity index (χ2v) is 5.68. The van der Waals surface area contributed by atoms with Crippen molar-refractivity contribution >= 4 is 5.91 Å². The van der Waals surface area contributed by atoms with Crippen molar-refractivity contribution in [1.82, 2.24) is 19.7 Å². The van der Waals surface area contributed by atoms with Crippen LogP contribution in [0.15, 0.2) is 55.0 Å². The van der Waals surface area contributed by atoms with Gasteiger partial charge in [-0.25, -0.2) is 0 Å². The fraction of sp³-hybridized carbons (Fsp3) is 0.222. The van der Waals surface area contributed by atoms with Gasteiger partial charge < -0.3 is 15.0 Å². The third kappa shape index (κ3) is 3.09. The lowest BCUT2D eigenvalue weighted by molar-refractivity contribution is 0.0916. The largest absolute Gasteiger partial charge is 0.387 e. The Balaban J connectivity index is 1.74. The van der Waals surface area contributed by atoms with E-state index in [0.717, 1.165) is 11.1 Å². The standard InChI is InChI=1S/C18H20N4O2/c1-13-7-3-4-8-14(13)16(23)12-19-17(24)15-11-20-21(2)18(15)22-9-5-6-10-22/h3-11,16,23H,12H2,1-2H3,(H,19,24). The van der Waals surface area contributed by atoms with Crippen molar-refractivity contribution in [2.24, 2.45) is 7.05 Å². The predicted octanol–water partition coefficient (Wildman–Crippen LogP) is 1.98. The number of nitrogens with zero attached hydrogens (tertiary/aromatic N) is 3. The van der Waals surface area contributed by atoms with Crippen LogP contribution in [0, 0.1) is 6.92 Å². The summed E-state index contributed by atoms with van der Waals surface area (Å²) in [6, 6.07) is 11.4. The summed E-state index contributed by atoms with van der Waals surface area (Å²) in [4.78, 5) is 12.5. The van der Waals surface area contributed by atoms with Crippen molar-refractivity contribution in [2.45, 2.75) is 13.0 Å². The van der Waals surface area contributed by atoms with Crippen molar-refractivity contribution in [1.29, 1.82) is 0 Å². The molecule has 2 aromatic heterocycles. The normalized spacial score (nSPS) is 12.1. The number of carbonyl (C=O) groups is 1. The summed E-state index contributed by atoms with van der Waals surface area (Å²) in [7, 11) is 1.79. The van der Waals surface area contributed by atoms with Crippen LogP contribution in [0.1, 0.15) is 27.6 Å². The molecule has 1 unspecified atom stereocenters. The summed E-state index contributed by atoms with van der Waals surface area (Å²) >= 11 is 0. The lowest BCUT2D eigenvalue weighted by atomic mass is 10.0. The lowest BCUT2D eigenvalue weighted by Crippen LogP contribution is -2.29. The van der Waals surface area contributed by atoms with Crippen LogP contribution in [0.25, 0.3) is 5.82 Å². The first-order valence-electron chi connectivity index (χ1n) is 7.75. The number of aryl methyl sites for hydroxylation is 2. The third-order valence-corrected chi connectivity index (χ3v) is 4.00. The minimum absolute atomic E-state index is 0.143. The van der Waals surface area contributed by atoms with Gasteiger partial charge in [0.15, 0.2) is 0 Å². The Morgan fingerprint density at radius 1 is 1.25 bits per heavy atom. The van der Waals surface area contributed by atoms with Crippen LogP contribution in [0.3, 0.4) is 0 Å². The number of aliphatic hydroxyl groups is 1. The zero-order valence-corrected chi connectivity index (χ0v) is 13.7. The zero-order chi connectivity index (χ0) is 17.1. The molecule has 0 radical (unpaired) electrons. The summed E-state index contributed by atoms with van der Waals surface area (Å²) in [5.74, 6) is 0.419. The molecular formula is C18H20N4O2. The number of rotatable bonds is 5. The Morgan fingerprint density at radius 2 is 1.96 bits per heavy atom. The number of hydrogen-bond donors (Lipinski definition) is 2. The molecule has 1 amide bonds. The first-order valence-corrected chi connectivity index (χ1v) is 7.75. The van der Waals surface area contributed by atoms with Crippen LogP contribution in [0.5, 0.6) is 0 Å².